The van der Waals surface area contributed by atoms with Crippen LogP contribution in [0, 0.1) is 5.82 Å². The molecule has 1 aliphatic rings. The Bertz CT molecular complexity index is 1450. The molecule has 1 aliphatic heterocycles. The van der Waals surface area contributed by atoms with Crippen molar-refractivity contribution in [2.45, 2.75) is 32.7 Å². The van der Waals surface area contributed by atoms with Gasteiger partial charge in [0.2, 0.25) is 0 Å². The Morgan fingerprint density at radius 3 is 2.00 bits per heavy atom. The molecule has 0 N–H and O–H groups in total. The maximum Gasteiger partial charge on any atom is 0.294 e. The van der Waals surface area contributed by atoms with Crippen LogP contribution in [-0.4, -0.2) is 4.57 Å². The highest BCUT2D eigenvalue weighted by Gasteiger charge is 2.31. The summed E-state index contributed by atoms with van der Waals surface area (Å²) in [6.07, 6.45) is 5.15. The van der Waals surface area contributed by atoms with Crippen molar-refractivity contribution in [1.29, 1.82) is 0 Å². The third kappa shape index (κ3) is 3.77. The molecule has 172 valence electrons. The topological polar surface area (TPSA) is 8.81 Å². The molecule has 0 radical (unpaired) electrons. The highest BCUT2D eigenvalue weighted by Crippen LogP contribution is 2.41. The zero-order valence-electron chi connectivity index (χ0n) is 20.1. The number of nitrogens with zero attached hydrogens (tertiary/aromatic N) is 2. The minimum absolute atomic E-state index is 0.174. The molecule has 1 aromatic heterocycles. The zero-order valence-corrected chi connectivity index (χ0v) is 20.1. The minimum Gasteiger partial charge on any atom is -0.229 e. The van der Waals surface area contributed by atoms with Gasteiger partial charge in [-0.1, -0.05) is 74.5 Å². The quantitative estimate of drug-likeness (QED) is 0.245. The summed E-state index contributed by atoms with van der Waals surface area (Å²) in [6, 6.07) is 31.1. The van der Waals surface area contributed by atoms with Crippen LogP contribution in [0.25, 0.3) is 39.3 Å². The van der Waals surface area contributed by atoms with Gasteiger partial charge in [0.1, 0.15) is 23.9 Å². The van der Waals surface area contributed by atoms with Gasteiger partial charge in [0.05, 0.1) is 12.1 Å². The number of halogens is 1. The number of aromatic nitrogens is 2. The number of aryl methyl sites for hydroxylation is 2. The number of hydrogen-bond acceptors (Lipinski definition) is 0. The van der Waals surface area contributed by atoms with Crippen LogP contribution in [0.3, 0.4) is 0 Å². The predicted molar refractivity (Wildman–Crippen MR) is 140 cm³/mol. The third-order valence-electron chi connectivity index (χ3n) is 7.04. The van der Waals surface area contributed by atoms with E-state index in [1.165, 1.54) is 27.8 Å². The number of imidazole rings is 1. The van der Waals surface area contributed by atoms with Gasteiger partial charge in [-0.25, -0.2) is 8.96 Å². The van der Waals surface area contributed by atoms with Crippen LogP contribution in [0.5, 0.6) is 0 Å². The number of benzene rings is 4. The van der Waals surface area contributed by atoms with E-state index in [-0.39, 0.29) is 5.82 Å². The average Bonchev–Trinajstić information content (AvgIpc) is 3.33. The Hall–Kier alpha value is -3.98. The van der Waals surface area contributed by atoms with Crippen molar-refractivity contribution in [1.82, 2.24) is 4.57 Å². The monoisotopic (exact) mass is 459 g/mol. The molecule has 6 rings (SSSR count). The summed E-state index contributed by atoms with van der Waals surface area (Å²) in [6.45, 7) is 5.33. The highest BCUT2D eigenvalue weighted by molar-refractivity contribution is 5.87. The van der Waals surface area contributed by atoms with Gasteiger partial charge in [0.25, 0.3) is 5.82 Å². The summed E-state index contributed by atoms with van der Waals surface area (Å²) in [7, 11) is 0. The molecule has 0 saturated carbocycles. The van der Waals surface area contributed by atoms with Crippen LogP contribution in [0.15, 0.2) is 103 Å². The molecule has 0 amide bonds. The van der Waals surface area contributed by atoms with Gasteiger partial charge in [0, 0.05) is 17.5 Å². The van der Waals surface area contributed by atoms with Gasteiger partial charge < -0.3 is 0 Å². The first-order valence-electron chi connectivity index (χ1n) is 12.3. The summed E-state index contributed by atoms with van der Waals surface area (Å²) in [5.41, 5.74) is 9.38. The fraction of sp³-hybridized carbons (Fsp3) is 0.156. The molecule has 0 fully saturated rings. The zero-order chi connectivity index (χ0) is 23.9. The van der Waals surface area contributed by atoms with Crippen LogP contribution < -0.4 is 4.57 Å². The van der Waals surface area contributed by atoms with Crippen molar-refractivity contribution in [3.05, 3.63) is 120 Å². The van der Waals surface area contributed by atoms with Gasteiger partial charge >= 0.3 is 0 Å². The molecule has 5 aromatic rings. The second kappa shape index (κ2) is 8.66. The van der Waals surface area contributed by atoms with E-state index in [9.17, 15) is 4.39 Å². The van der Waals surface area contributed by atoms with Crippen molar-refractivity contribution in [3.8, 4) is 39.3 Å². The standard InChI is InChI=1S/C32H28FN2/c1-22(2)26-20-29(23-9-5-3-6-10-23)31(30(21-26)24-11-7-4-8-12-24)35-18-17-34-16-15-25-19-27(33)13-14-28(25)32(34)35/h3-14,17-22H,15-16H2,1-2H3/q+1. The van der Waals surface area contributed by atoms with Crippen molar-refractivity contribution in [2.24, 2.45) is 0 Å². The van der Waals surface area contributed by atoms with Crippen molar-refractivity contribution >= 4 is 0 Å². The minimum atomic E-state index is -0.174. The molecule has 0 spiro atoms. The Kier molecular flexibility index (Phi) is 5.33. The molecule has 2 nitrogen and oxygen atoms in total. The van der Waals surface area contributed by atoms with E-state index in [0.717, 1.165) is 35.6 Å². The largest absolute Gasteiger partial charge is 0.294 e. The maximum atomic E-state index is 14.1. The van der Waals surface area contributed by atoms with E-state index in [1.807, 2.05) is 6.07 Å². The molecule has 4 aromatic carbocycles. The molecular weight excluding hydrogens is 431 g/mol. The van der Waals surface area contributed by atoms with Gasteiger partial charge in [-0.2, -0.15) is 4.57 Å². The van der Waals surface area contributed by atoms with Crippen molar-refractivity contribution < 1.29 is 8.96 Å². The summed E-state index contributed by atoms with van der Waals surface area (Å²) in [5.74, 6) is 1.31. The van der Waals surface area contributed by atoms with E-state index >= 15 is 0 Å². The van der Waals surface area contributed by atoms with Crippen molar-refractivity contribution in [3.63, 3.8) is 0 Å². The lowest BCUT2D eigenvalue weighted by Gasteiger charge is -2.20. The lowest BCUT2D eigenvalue weighted by molar-refractivity contribution is -0.686. The van der Waals surface area contributed by atoms with Crippen molar-refractivity contribution in [2.75, 3.05) is 0 Å². The number of fused-ring (bicyclic) bond motifs is 3. The lowest BCUT2D eigenvalue weighted by atomic mass is 9.89. The van der Waals surface area contributed by atoms with Crippen LogP contribution in [-0.2, 0) is 13.0 Å². The molecule has 0 bridgehead atoms. The molecule has 0 aliphatic carbocycles. The van der Waals surface area contributed by atoms with Gasteiger partial charge in [-0.05, 0) is 58.5 Å². The van der Waals surface area contributed by atoms with Gasteiger partial charge in [-0.3, -0.25) is 0 Å². The molecular formula is C32H28FN2+. The molecule has 2 heterocycles. The lowest BCUT2D eigenvalue weighted by Crippen LogP contribution is -2.39. The Morgan fingerprint density at radius 1 is 0.771 bits per heavy atom. The molecule has 0 atom stereocenters. The summed E-state index contributed by atoms with van der Waals surface area (Å²) >= 11 is 0. The Balaban J connectivity index is 1.71. The first kappa shape index (κ1) is 21.5. The van der Waals surface area contributed by atoms with Crippen LogP contribution in [0.1, 0.15) is 30.9 Å². The smallest absolute Gasteiger partial charge is 0.229 e. The predicted octanol–water partition coefficient (Wildman–Crippen LogP) is 7.58. The number of rotatable bonds is 4. The van der Waals surface area contributed by atoms with E-state index in [1.54, 1.807) is 12.1 Å². The fourth-order valence-corrected chi connectivity index (χ4v) is 5.23. The second-order valence-electron chi connectivity index (χ2n) is 9.59. The molecule has 3 heteroatoms. The third-order valence-corrected chi connectivity index (χ3v) is 7.04. The SMILES string of the molecule is CC(C)c1cc(-c2ccccc2)c(-n2cc[n+]3c2-c2ccc(F)cc2CC3)c(-c2ccccc2)c1. The average molecular weight is 460 g/mol. The maximum absolute atomic E-state index is 14.1. The Labute approximate surface area is 205 Å². The number of hydrogen-bond donors (Lipinski definition) is 0. The van der Waals surface area contributed by atoms with Gasteiger partial charge in [0.15, 0.2) is 0 Å². The highest BCUT2D eigenvalue weighted by atomic mass is 19.1. The summed E-state index contributed by atoms with van der Waals surface area (Å²) < 4.78 is 18.7. The molecule has 0 saturated heterocycles. The molecule has 0 unspecified atom stereocenters. The fourth-order valence-electron chi connectivity index (χ4n) is 5.23. The molecule has 35 heavy (non-hydrogen) atoms. The first-order valence-corrected chi connectivity index (χ1v) is 12.3. The van der Waals surface area contributed by atoms with E-state index in [4.69, 9.17) is 0 Å². The van der Waals surface area contributed by atoms with Gasteiger partial charge in [-0.15, -0.1) is 0 Å². The van der Waals surface area contributed by atoms with Crippen LogP contribution in [0.2, 0.25) is 0 Å². The summed E-state index contributed by atoms with van der Waals surface area (Å²) in [4.78, 5) is 0. The Morgan fingerprint density at radius 2 is 1.40 bits per heavy atom. The normalized spacial score (nSPS) is 12.5. The van der Waals surface area contributed by atoms with E-state index < -0.39 is 0 Å². The van der Waals surface area contributed by atoms with E-state index in [0.29, 0.717) is 5.92 Å². The summed E-state index contributed by atoms with van der Waals surface area (Å²) in [5, 5.41) is 0. The van der Waals surface area contributed by atoms with Crippen LogP contribution >= 0.6 is 0 Å². The van der Waals surface area contributed by atoms with Crippen LogP contribution in [0.4, 0.5) is 4.39 Å². The van der Waals surface area contributed by atoms with E-state index in [2.05, 4.69) is 108 Å². The first-order chi connectivity index (χ1) is 17.1. The second-order valence-corrected chi connectivity index (χ2v) is 9.59.